The van der Waals surface area contributed by atoms with Crippen molar-refractivity contribution in [3.8, 4) is 0 Å². The van der Waals surface area contributed by atoms with Gasteiger partial charge in [0.25, 0.3) is 0 Å². The van der Waals surface area contributed by atoms with Crippen molar-refractivity contribution in [2.45, 2.75) is 37.9 Å². The average Bonchev–Trinajstić information content (AvgIpc) is 3.11. The Morgan fingerprint density at radius 1 is 1.07 bits per heavy atom. The monoisotopic (exact) mass is 405 g/mol. The van der Waals surface area contributed by atoms with Gasteiger partial charge in [-0.15, -0.1) is 5.10 Å². The number of nitrogens with one attached hydrogen (secondary N) is 2. The first-order chi connectivity index (χ1) is 13.9. The molecule has 1 aliphatic carbocycles. The fourth-order valence-electron chi connectivity index (χ4n) is 3.75. The number of rotatable bonds is 5. The molecule has 0 saturated heterocycles. The van der Waals surface area contributed by atoms with Gasteiger partial charge in [-0.3, -0.25) is 0 Å². The predicted molar refractivity (Wildman–Crippen MR) is 104 cm³/mol. The quantitative estimate of drug-likeness (QED) is 0.585. The van der Waals surface area contributed by atoms with Crippen LogP contribution in [0.4, 0.5) is 30.6 Å². The minimum atomic E-state index is -4.37. The molecule has 1 aromatic carbocycles. The first-order valence-corrected chi connectivity index (χ1v) is 9.61. The van der Waals surface area contributed by atoms with Gasteiger partial charge in [-0.25, -0.2) is 0 Å². The van der Waals surface area contributed by atoms with E-state index in [1.807, 2.05) is 12.1 Å². The summed E-state index contributed by atoms with van der Waals surface area (Å²) in [6.45, 7) is 0.145. The molecule has 2 aromatic heterocycles. The van der Waals surface area contributed by atoms with Gasteiger partial charge in [-0.2, -0.15) is 22.7 Å². The third kappa shape index (κ3) is 4.29. The zero-order valence-electron chi connectivity index (χ0n) is 15.7. The van der Waals surface area contributed by atoms with Crippen LogP contribution in [0.15, 0.2) is 42.5 Å². The second-order valence-corrected chi connectivity index (χ2v) is 7.29. The summed E-state index contributed by atoms with van der Waals surface area (Å²) in [7, 11) is 0. The van der Waals surface area contributed by atoms with Crippen LogP contribution in [0.1, 0.15) is 31.2 Å². The normalized spacial score (nSPS) is 20.0. The molecule has 0 unspecified atom stereocenters. The summed E-state index contributed by atoms with van der Waals surface area (Å²) in [5.74, 6) is 1.26. The average molecular weight is 405 g/mol. The molecular formula is C20H22F3N5O. The Morgan fingerprint density at radius 3 is 2.55 bits per heavy atom. The molecule has 1 saturated carbocycles. The number of hydrogen-bond donors (Lipinski definition) is 3. The smallest absolute Gasteiger partial charge is 0.396 e. The van der Waals surface area contributed by atoms with Gasteiger partial charge in [0.05, 0.1) is 5.56 Å². The van der Waals surface area contributed by atoms with E-state index in [-0.39, 0.29) is 18.6 Å². The third-order valence-electron chi connectivity index (χ3n) is 5.30. The molecule has 3 N–H and O–H groups in total. The molecule has 154 valence electrons. The van der Waals surface area contributed by atoms with Crippen molar-refractivity contribution >= 4 is 23.1 Å². The number of halogens is 3. The van der Waals surface area contributed by atoms with Gasteiger partial charge >= 0.3 is 6.18 Å². The van der Waals surface area contributed by atoms with Crippen molar-refractivity contribution in [2.24, 2.45) is 5.92 Å². The summed E-state index contributed by atoms with van der Waals surface area (Å²) < 4.78 is 39.8. The topological polar surface area (TPSA) is 74.5 Å². The van der Waals surface area contributed by atoms with E-state index in [4.69, 9.17) is 0 Å². The Bertz CT molecular complexity index is 970. The van der Waals surface area contributed by atoms with Gasteiger partial charge in [0.15, 0.2) is 5.65 Å². The largest absolute Gasteiger partial charge is 0.416 e. The Kier molecular flexibility index (Phi) is 5.31. The molecule has 0 amide bonds. The van der Waals surface area contributed by atoms with Crippen LogP contribution < -0.4 is 10.6 Å². The van der Waals surface area contributed by atoms with Crippen molar-refractivity contribution in [1.29, 1.82) is 0 Å². The van der Waals surface area contributed by atoms with Gasteiger partial charge in [-0.1, -0.05) is 18.9 Å². The number of fused-ring (bicyclic) bond motifs is 1. The molecule has 6 nitrogen and oxygen atoms in total. The molecule has 0 radical (unpaired) electrons. The van der Waals surface area contributed by atoms with E-state index in [1.165, 1.54) is 12.1 Å². The molecule has 0 spiro atoms. The number of alkyl halides is 3. The summed E-state index contributed by atoms with van der Waals surface area (Å²) in [5.41, 5.74) is 0.375. The lowest BCUT2D eigenvalue weighted by molar-refractivity contribution is -0.137. The SMILES string of the molecule is OC[C@@H]1CCCC[C@@H]1Nc1cccc2nc(Nc3ccc(C(F)(F)F)cc3)nn12. The van der Waals surface area contributed by atoms with Crippen LogP contribution in [0.2, 0.25) is 0 Å². The van der Waals surface area contributed by atoms with Crippen molar-refractivity contribution in [3.63, 3.8) is 0 Å². The summed E-state index contributed by atoms with van der Waals surface area (Å²) in [5, 5.41) is 20.5. The summed E-state index contributed by atoms with van der Waals surface area (Å²) in [6.07, 6.45) is -0.165. The first-order valence-electron chi connectivity index (χ1n) is 9.61. The lowest BCUT2D eigenvalue weighted by Crippen LogP contribution is -2.35. The molecule has 0 bridgehead atoms. The van der Waals surface area contributed by atoms with Gasteiger partial charge in [0.2, 0.25) is 5.95 Å². The molecule has 9 heteroatoms. The number of anilines is 3. The third-order valence-corrected chi connectivity index (χ3v) is 5.30. The lowest BCUT2D eigenvalue weighted by Gasteiger charge is -2.31. The highest BCUT2D eigenvalue weighted by Gasteiger charge is 2.30. The van der Waals surface area contributed by atoms with E-state index in [1.54, 1.807) is 10.6 Å². The van der Waals surface area contributed by atoms with Crippen molar-refractivity contribution < 1.29 is 18.3 Å². The second kappa shape index (κ2) is 7.90. The predicted octanol–water partition coefficient (Wildman–Crippen LogP) is 4.45. The first kappa shape index (κ1) is 19.5. The van der Waals surface area contributed by atoms with Gasteiger partial charge in [0.1, 0.15) is 5.82 Å². The molecule has 0 aliphatic heterocycles. The minimum Gasteiger partial charge on any atom is -0.396 e. The standard InChI is InChI=1S/C20H22F3N5O/c21-20(22,23)14-8-10-15(11-9-14)24-19-26-18-7-3-6-17(28(18)27-19)25-16-5-2-1-4-13(16)12-29/h3,6-11,13,16,25,29H,1-2,4-5,12H2,(H,24,27)/t13-,16-/m0/s1. The fraction of sp³-hybridized carbons (Fsp3) is 0.400. The summed E-state index contributed by atoms with van der Waals surface area (Å²) in [4.78, 5) is 4.40. The molecule has 1 fully saturated rings. The number of hydrogen-bond acceptors (Lipinski definition) is 5. The molecule has 29 heavy (non-hydrogen) atoms. The van der Waals surface area contributed by atoms with Crippen LogP contribution >= 0.6 is 0 Å². The van der Waals surface area contributed by atoms with Crippen molar-refractivity contribution in [2.75, 3.05) is 17.2 Å². The fourth-order valence-corrected chi connectivity index (χ4v) is 3.75. The van der Waals surface area contributed by atoms with E-state index in [9.17, 15) is 18.3 Å². The number of benzene rings is 1. The maximum Gasteiger partial charge on any atom is 0.416 e. The Balaban J connectivity index is 1.54. The van der Waals surface area contributed by atoms with Crippen LogP contribution in [0, 0.1) is 5.92 Å². The number of aliphatic hydroxyl groups excluding tert-OH is 1. The maximum absolute atomic E-state index is 12.7. The van der Waals surface area contributed by atoms with Crippen LogP contribution in [0.5, 0.6) is 0 Å². The van der Waals surface area contributed by atoms with Gasteiger partial charge < -0.3 is 15.7 Å². The van der Waals surface area contributed by atoms with Crippen LogP contribution in [-0.4, -0.2) is 32.4 Å². The van der Waals surface area contributed by atoms with E-state index < -0.39 is 11.7 Å². The van der Waals surface area contributed by atoms with E-state index >= 15 is 0 Å². The number of nitrogens with zero attached hydrogens (tertiary/aromatic N) is 3. The summed E-state index contributed by atoms with van der Waals surface area (Å²) in [6, 6.07) is 10.5. The van der Waals surface area contributed by atoms with Crippen LogP contribution in [0.3, 0.4) is 0 Å². The zero-order chi connectivity index (χ0) is 20.4. The minimum absolute atomic E-state index is 0.145. The van der Waals surface area contributed by atoms with Gasteiger partial charge in [-0.05, 0) is 49.2 Å². The molecule has 2 atom stereocenters. The Hall–Kier alpha value is -2.81. The number of aliphatic hydroxyl groups is 1. The summed E-state index contributed by atoms with van der Waals surface area (Å²) >= 11 is 0. The van der Waals surface area contributed by atoms with E-state index in [0.717, 1.165) is 43.6 Å². The highest BCUT2D eigenvalue weighted by atomic mass is 19.4. The highest BCUT2D eigenvalue weighted by Crippen LogP contribution is 2.30. The number of aromatic nitrogens is 3. The second-order valence-electron chi connectivity index (χ2n) is 7.29. The Labute approximate surface area is 165 Å². The van der Waals surface area contributed by atoms with Gasteiger partial charge in [0, 0.05) is 24.3 Å². The molecule has 2 heterocycles. The highest BCUT2D eigenvalue weighted by molar-refractivity contribution is 5.58. The van der Waals surface area contributed by atoms with Crippen molar-refractivity contribution in [1.82, 2.24) is 14.6 Å². The molecular weight excluding hydrogens is 383 g/mol. The number of pyridine rings is 1. The van der Waals surface area contributed by atoms with Crippen LogP contribution in [-0.2, 0) is 6.18 Å². The Morgan fingerprint density at radius 2 is 1.83 bits per heavy atom. The molecule has 4 rings (SSSR count). The van der Waals surface area contributed by atoms with Crippen molar-refractivity contribution in [3.05, 3.63) is 48.0 Å². The van der Waals surface area contributed by atoms with E-state index in [2.05, 4.69) is 20.7 Å². The maximum atomic E-state index is 12.7. The molecule has 3 aromatic rings. The molecule has 1 aliphatic rings. The zero-order valence-corrected chi connectivity index (χ0v) is 15.7. The lowest BCUT2D eigenvalue weighted by atomic mass is 9.85. The van der Waals surface area contributed by atoms with Crippen LogP contribution in [0.25, 0.3) is 5.65 Å². The van der Waals surface area contributed by atoms with E-state index in [0.29, 0.717) is 17.3 Å².